The van der Waals surface area contributed by atoms with Crippen LogP contribution in [0.5, 0.6) is 0 Å². The van der Waals surface area contributed by atoms with Gasteiger partial charge in [-0.3, -0.25) is 9.52 Å². The summed E-state index contributed by atoms with van der Waals surface area (Å²) in [4.78, 5) is 12.7. The normalized spacial score (nSPS) is 15.8. The maximum absolute atomic E-state index is 13.8. The molecular weight excluding hydrogens is 403 g/mol. The van der Waals surface area contributed by atoms with Crippen molar-refractivity contribution in [1.29, 1.82) is 0 Å². The first-order chi connectivity index (χ1) is 14.4. The van der Waals surface area contributed by atoms with Gasteiger partial charge in [0, 0.05) is 5.56 Å². The molecule has 0 bridgehead atoms. The number of fused-ring (bicyclic) bond motifs is 1. The van der Waals surface area contributed by atoms with E-state index in [0.717, 1.165) is 24.8 Å². The highest BCUT2D eigenvalue weighted by Crippen LogP contribution is 2.30. The van der Waals surface area contributed by atoms with Crippen molar-refractivity contribution in [1.82, 2.24) is 5.32 Å². The SMILES string of the molecule is O=C(N[C@H]1CCCc2ccccc21)c1cccc(S(=O)(=O)Nc2ccccc2F)c1. The molecule has 4 rings (SSSR count). The van der Waals surface area contributed by atoms with E-state index in [9.17, 15) is 17.6 Å². The van der Waals surface area contributed by atoms with Crippen LogP contribution in [0.4, 0.5) is 10.1 Å². The van der Waals surface area contributed by atoms with Crippen molar-refractivity contribution in [3.8, 4) is 0 Å². The summed E-state index contributed by atoms with van der Waals surface area (Å²) in [5, 5.41) is 3.01. The van der Waals surface area contributed by atoms with E-state index in [-0.39, 0.29) is 28.1 Å². The minimum absolute atomic E-state index is 0.109. The number of aryl methyl sites for hydroxylation is 1. The topological polar surface area (TPSA) is 75.3 Å². The second-order valence-corrected chi connectivity index (χ2v) is 8.91. The summed E-state index contributed by atoms with van der Waals surface area (Å²) >= 11 is 0. The van der Waals surface area contributed by atoms with Gasteiger partial charge in [0.2, 0.25) is 0 Å². The van der Waals surface area contributed by atoms with Crippen LogP contribution in [-0.4, -0.2) is 14.3 Å². The predicted molar refractivity (Wildman–Crippen MR) is 113 cm³/mol. The lowest BCUT2D eigenvalue weighted by Crippen LogP contribution is -2.31. The molecule has 0 saturated carbocycles. The molecule has 0 spiro atoms. The number of benzene rings is 3. The molecule has 0 fully saturated rings. The van der Waals surface area contributed by atoms with Crippen LogP contribution in [0, 0.1) is 5.82 Å². The van der Waals surface area contributed by atoms with E-state index < -0.39 is 15.8 Å². The van der Waals surface area contributed by atoms with Crippen LogP contribution in [0.25, 0.3) is 0 Å². The molecular formula is C23H21FN2O3S. The number of nitrogens with one attached hydrogen (secondary N) is 2. The number of rotatable bonds is 5. The minimum Gasteiger partial charge on any atom is -0.345 e. The molecule has 7 heteroatoms. The molecule has 0 unspecified atom stereocenters. The Kier molecular flexibility index (Phi) is 5.55. The highest BCUT2D eigenvalue weighted by molar-refractivity contribution is 7.92. The molecule has 0 aliphatic heterocycles. The number of carbonyl (C=O) groups excluding carboxylic acids is 1. The third kappa shape index (κ3) is 4.21. The zero-order valence-corrected chi connectivity index (χ0v) is 17.0. The molecule has 30 heavy (non-hydrogen) atoms. The van der Waals surface area contributed by atoms with Gasteiger partial charge in [-0.1, -0.05) is 42.5 Å². The molecule has 1 aliphatic rings. The molecule has 0 saturated heterocycles. The summed E-state index contributed by atoms with van der Waals surface area (Å²) in [6, 6.07) is 19.1. The van der Waals surface area contributed by atoms with Crippen LogP contribution in [0.15, 0.2) is 77.7 Å². The molecule has 0 aromatic heterocycles. The van der Waals surface area contributed by atoms with Gasteiger partial charge < -0.3 is 5.32 Å². The lowest BCUT2D eigenvalue weighted by molar-refractivity contribution is 0.0932. The molecule has 0 radical (unpaired) electrons. The van der Waals surface area contributed by atoms with Crippen molar-refractivity contribution in [3.05, 3.63) is 95.3 Å². The van der Waals surface area contributed by atoms with E-state index in [1.54, 1.807) is 6.07 Å². The smallest absolute Gasteiger partial charge is 0.262 e. The second-order valence-electron chi connectivity index (χ2n) is 7.23. The summed E-state index contributed by atoms with van der Waals surface area (Å²) in [5.41, 5.74) is 2.40. The predicted octanol–water partition coefficient (Wildman–Crippen LogP) is 4.43. The van der Waals surface area contributed by atoms with Gasteiger partial charge in [0.25, 0.3) is 15.9 Å². The largest absolute Gasteiger partial charge is 0.345 e. The number of carbonyl (C=O) groups is 1. The number of halogens is 1. The average molecular weight is 424 g/mol. The van der Waals surface area contributed by atoms with E-state index in [0.29, 0.717) is 0 Å². The zero-order chi connectivity index (χ0) is 21.1. The van der Waals surface area contributed by atoms with Crippen LogP contribution in [-0.2, 0) is 16.4 Å². The van der Waals surface area contributed by atoms with Gasteiger partial charge in [-0.25, -0.2) is 12.8 Å². The Morgan fingerprint density at radius 3 is 2.57 bits per heavy atom. The Morgan fingerprint density at radius 1 is 0.967 bits per heavy atom. The van der Waals surface area contributed by atoms with Gasteiger partial charge in [-0.2, -0.15) is 0 Å². The van der Waals surface area contributed by atoms with Crippen LogP contribution in [0.1, 0.15) is 40.4 Å². The summed E-state index contributed by atoms with van der Waals surface area (Å²) in [7, 11) is -4.04. The quantitative estimate of drug-likeness (QED) is 0.636. The fourth-order valence-corrected chi connectivity index (χ4v) is 4.81. The number of sulfonamides is 1. The lowest BCUT2D eigenvalue weighted by Gasteiger charge is -2.26. The van der Waals surface area contributed by atoms with Gasteiger partial charge >= 0.3 is 0 Å². The monoisotopic (exact) mass is 424 g/mol. The number of amides is 1. The highest BCUT2D eigenvalue weighted by atomic mass is 32.2. The second kappa shape index (κ2) is 8.28. The fourth-order valence-electron chi connectivity index (χ4n) is 3.70. The summed E-state index contributed by atoms with van der Waals surface area (Å²) in [5.74, 6) is -1.02. The van der Waals surface area contributed by atoms with E-state index in [1.807, 2.05) is 18.2 Å². The van der Waals surface area contributed by atoms with Crippen LogP contribution in [0.3, 0.4) is 0 Å². The first-order valence-corrected chi connectivity index (χ1v) is 11.2. The first kappa shape index (κ1) is 20.1. The van der Waals surface area contributed by atoms with Gasteiger partial charge in [-0.05, 0) is 60.7 Å². The van der Waals surface area contributed by atoms with Crippen molar-refractivity contribution in [2.24, 2.45) is 0 Å². The minimum atomic E-state index is -4.04. The maximum atomic E-state index is 13.8. The Hall–Kier alpha value is -3.19. The van der Waals surface area contributed by atoms with Crippen molar-refractivity contribution >= 4 is 21.6 Å². The zero-order valence-electron chi connectivity index (χ0n) is 16.1. The number of para-hydroxylation sites is 1. The van der Waals surface area contributed by atoms with Gasteiger partial charge in [0.05, 0.1) is 16.6 Å². The van der Waals surface area contributed by atoms with Crippen LogP contribution >= 0.6 is 0 Å². The Morgan fingerprint density at radius 2 is 1.73 bits per heavy atom. The average Bonchev–Trinajstić information content (AvgIpc) is 2.75. The summed E-state index contributed by atoms with van der Waals surface area (Å²) < 4.78 is 41.4. The summed E-state index contributed by atoms with van der Waals surface area (Å²) in [6.07, 6.45) is 2.79. The van der Waals surface area contributed by atoms with Gasteiger partial charge in [0.1, 0.15) is 5.82 Å². The van der Waals surface area contributed by atoms with Crippen LogP contribution in [0.2, 0.25) is 0 Å². The van der Waals surface area contributed by atoms with Crippen molar-refractivity contribution < 1.29 is 17.6 Å². The van der Waals surface area contributed by atoms with Gasteiger partial charge in [0.15, 0.2) is 0 Å². The van der Waals surface area contributed by atoms with E-state index >= 15 is 0 Å². The molecule has 154 valence electrons. The molecule has 3 aromatic rings. The molecule has 1 atom stereocenters. The third-order valence-corrected chi connectivity index (χ3v) is 6.56. The third-order valence-electron chi connectivity index (χ3n) is 5.20. The van der Waals surface area contributed by atoms with Crippen molar-refractivity contribution in [2.75, 3.05) is 4.72 Å². The Labute approximate surface area is 175 Å². The first-order valence-electron chi connectivity index (χ1n) is 9.70. The van der Waals surface area contributed by atoms with Crippen molar-refractivity contribution in [2.45, 2.75) is 30.2 Å². The van der Waals surface area contributed by atoms with Gasteiger partial charge in [-0.15, -0.1) is 0 Å². The van der Waals surface area contributed by atoms with E-state index in [1.165, 1.54) is 48.0 Å². The number of anilines is 1. The van der Waals surface area contributed by atoms with E-state index in [4.69, 9.17) is 0 Å². The Bertz CT molecular complexity index is 1190. The van der Waals surface area contributed by atoms with E-state index in [2.05, 4.69) is 16.1 Å². The molecule has 1 aliphatic carbocycles. The molecule has 2 N–H and O–H groups in total. The molecule has 3 aromatic carbocycles. The summed E-state index contributed by atoms with van der Waals surface area (Å²) in [6.45, 7) is 0. The van der Waals surface area contributed by atoms with Crippen molar-refractivity contribution in [3.63, 3.8) is 0 Å². The highest BCUT2D eigenvalue weighted by Gasteiger charge is 2.23. The van der Waals surface area contributed by atoms with Crippen LogP contribution < -0.4 is 10.0 Å². The molecule has 5 nitrogen and oxygen atoms in total. The fraction of sp³-hybridized carbons (Fsp3) is 0.174. The lowest BCUT2D eigenvalue weighted by atomic mass is 9.87. The molecule has 0 heterocycles. The standard InChI is InChI=1S/C23H21FN2O3S/c24-20-12-3-4-13-22(20)26-30(28,29)18-10-5-9-17(15-18)23(27)25-21-14-6-8-16-7-1-2-11-19(16)21/h1-5,7,9-13,15,21,26H,6,8,14H2,(H,25,27)/t21-/m0/s1. The molecule has 1 amide bonds. The Balaban J connectivity index is 1.55. The number of hydrogen-bond donors (Lipinski definition) is 2. The maximum Gasteiger partial charge on any atom is 0.262 e. The number of hydrogen-bond acceptors (Lipinski definition) is 3.